The topological polar surface area (TPSA) is 85.6 Å². The van der Waals surface area contributed by atoms with Gasteiger partial charge >= 0.3 is 0 Å². The summed E-state index contributed by atoms with van der Waals surface area (Å²) in [6, 6.07) is 23.9. The number of amides is 1. The molecule has 6 rings (SSSR count). The number of hydrogen-bond donors (Lipinski definition) is 0. The molecular formula is C33H34N6O3. The Hall–Kier alpha value is -4.92. The number of ether oxygens (including phenoxy) is 2. The van der Waals surface area contributed by atoms with Gasteiger partial charge in [-0.1, -0.05) is 54.1 Å². The lowest BCUT2D eigenvalue weighted by atomic mass is 10.1. The van der Waals surface area contributed by atoms with Crippen LogP contribution >= 0.6 is 0 Å². The van der Waals surface area contributed by atoms with Crippen LogP contribution in [0, 0.1) is 13.8 Å². The molecule has 3 heterocycles. The van der Waals surface area contributed by atoms with E-state index in [-0.39, 0.29) is 5.91 Å². The molecular weight excluding hydrogens is 528 g/mol. The highest BCUT2D eigenvalue weighted by Crippen LogP contribution is 2.32. The number of anilines is 1. The minimum atomic E-state index is -0.107. The second kappa shape index (κ2) is 11.5. The van der Waals surface area contributed by atoms with Crippen LogP contribution in [0.4, 0.5) is 5.82 Å². The fourth-order valence-electron chi connectivity index (χ4n) is 5.49. The summed E-state index contributed by atoms with van der Waals surface area (Å²) in [6.07, 6.45) is 0.605. The lowest BCUT2D eigenvalue weighted by Gasteiger charge is -2.36. The van der Waals surface area contributed by atoms with E-state index in [2.05, 4.69) is 36.1 Å². The maximum atomic E-state index is 13.6. The van der Waals surface area contributed by atoms with Crippen molar-refractivity contribution >= 4 is 22.8 Å². The van der Waals surface area contributed by atoms with Crippen LogP contribution in [0.25, 0.3) is 16.7 Å². The van der Waals surface area contributed by atoms with Crippen molar-refractivity contribution in [2.45, 2.75) is 20.3 Å². The maximum Gasteiger partial charge on any atom is 0.261 e. The molecule has 1 amide bonds. The van der Waals surface area contributed by atoms with Gasteiger partial charge in [0, 0.05) is 32.6 Å². The fourth-order valence-corrected chi connectivity index (χ4v) is 5.49. The lowest BCUT2D eigenvalue weighted by molar-refractivity contribution is 0.0739. The standard InChI is InChI=1S/C33H34N6O3/c1-22-13-15-24(16-14-22)21-28-34-31(29-23(2)36-39(32(29)35-28)25-9-6-5-7-10-25)37-17-19-38(20-18-37)33(40)30-26(41-3)11-8-12-27(30)42-4/h5-16H,17-21H2,1-4H3. The first-order chi connectivity index (χ1) is 20.5. The fraction of sp³-hybridized carbons (Fsp3) is 0.273. The largest absolute Gasteiger partial charge is 0.496 e. The lowest BCUT2D eigenvalue weighted by Crippen LogP contribution is -2.49. The third-order valence-electron chi connectivity index (χ3n) is 7.72. The van der Waals surface area contributed by atoms with E-state index in [9.17, 15) is 4.79 Å². The summed E-state index contributed by atoms with van der Waals surface area (Å²) in [5.41, 5.74) is 5.40. The van der Waals surface area contributed by atoms with Crippen molar-refractivity contribution in [1.82, 2.24) is 24.6 Å². The molecule has 9 heteroatoms. The minimum Gasteiger partial charge on any atom is -0.496 e. The van der Waals surface area contributed by atoms with Gasteiger partial charge in [-0.15, -0.1) is 0 Å². The maximum absolute atomic E-state index is 13.6. The van der Waals surface area contributed by atoms with Crippen molar-refractivity contribution in [2.75, 3.05) is 45.3 Å². The molecule has 0 unspecified atom stereocenters. The number of rotatable bonds is 7. The van der Waals surface area contributed by atoms with Crippen molar-refractivity contribution < 1.29 is 14.3 Å². The van der Waals surface area contributed by atoms with Gasteiger partial charge in [0.1, 0.15) is 28.7 Å². The van der Waals surface area contributed by atoms with Crippen LogP contribution in [-0.2, 0) is 6.42 Å². The number of hydrogen-bond acceptors (Lipinski definition) is 7. The number of carbonyl (C=O) groups excluding carboxylic acids is 1. The van der Waals surface area contributed by atoms with Gasteiger partial charge in [-0.25, -0.2) is 14.6 Å². The Bertz CT molecular complexity index is 1700. The van der Waals surface area contributed by atoms with Crippen LogP contribution < -0.4 is 14.4 Å². The molecule has 0 spiro atoms. The molecule has 1 fully saturated rings. The van der Waals surface area contributed by atoms with Crippen LogP contribution in [0.2, 0.25) is 0 Å². The molecule has 1 aliphatic rings. The van der Waals surface area contributed by atoms with E-state index in [1.54, 1.807) is 26.4 Å². The number of aryl methyl sites for hydroxylation is 2. The van der Waals surface area contributed by atoms with Crippen molar-refractivity contribution in [3.05, 3.63) is 101 Å². The van der Waals surface area contributed by atoms with Gasteiger partial charge in [-0.2, -0.15) is 5.10 Å². The second-order valence-corrected chi connectivity index (χ2v) is 10.5. The van der Waals surface area contributed by atoms with Crippen LogP contribution in [0.5, 0.6) is 11.5 Å². The van der Waals surface area contributed by atoms with Crippen LogP contribution in [-0.4, -0.2) is 71.0 Å². The number of methoxy groups -OCH3 is 2. The highest BCUT2D eigenvalue weighted by molar-refractivity contribution is 6.00. The molecule has 0 radical (unpaired) electrons. The van der Waals surface area contributed by atoms with Gasteiger partial charge in [0.2, 0.25) is 0 Å². The van der Waals surface area contributed by atoms with E-state index in [1.807, 2.05) is 52.9 Å². The zero-order chi connectivity index (χ0) is 29.2. The third-order valence-corrected chi connectivity index (χ3v) is 7.72. The predicted octanol–water partition coefficient (Wildman–Crippen LogP) is 5.00. The van der Waals surface area contributed by atoms with E-state index >= 15 is 0 Å². The van der Waals surface area contributed by atoms with Crippen LogP contribution in [0.3, 0.4) is 0 Å². The van der Waals surface area contributed by atoms with Gasteiger partial charge in [-0.05, 0) is 43.7 Å². The van der Waals surface area contributed by atoms with Crippen molar-refractivity contribution in [2.24, 2.45) is 0 Å². The Morgan fingerprint density at radius 3 is 2.12 bits per heavy atom. The molecule has 5 aromatic rings. The quantitative estimate of drug-likeness (QED) is 0.276. The average molecular weight is 563 g/mol. The summed E-state index contributed by atoms with van der Waals surface area (Å²) in [5.74, 6) is 2.48. The smallest absolute Gasteiger partial charge is 0.261 e. The normalized spacial score (nSPS) is 13.4. The number of carbonyl (C=O) groups is 1. The Balaban J connectivity index is 1.35. The van der Waals surface area contributed by atoms with Gasteiger partial charge < -0.3 is 19.3 Å². The molecule has 214 valence electrons. The van der Waals surface area contributed by atoms with Crippen LogP contribution in [0.15, 0.2) is 72.8 Å². The molecule has 3 aromatic carbocycles. The first kappa shape index (κ1) is 27.3. The molecule has 1 saturated heterocycles. The van der Waals surface area contributed by atoms with Gasteiger partial charge in [0.15, 0.2) is 5.65 Å². The highest BCUT2D eigenvalue weighted by Gasteiger charge is 2.29. The molecule has 0 aliphatic carbocycles. The molecule has 9 nitrogen and oxygen atoms in total. The monoisotopic (exact) mass is 562 g/mol. The van der Waals surface area contributed by atoms with Gasteiger partial charge in [0.25, 0.3) is 5.91 Å². The molecule has 0 N–H and O–H groups in total. The van der Waals surface area contributed by atoms with Crippen LogP contribution in [0.1, 0.15) is 33.0 Å². The van der Waals surface area contributed by atoms with E-state index in [1.165, 1.54) is 5.56 Å². The first-order valence-electron chi connectivity index (χ1n) is 14.1. The van der Waals surface area contributed by atoms with E-state index in [0.29, 0.717) is 49.7 Å². The molecule has 0 bridgehead atoms. The van der Waals surface area contributed by atoms with Gasteiger partial charge in [-0.3, -0.25) is 4.79 Å². The average Bonchev–Trinajstić information content (AvgIpc) is 3.37. The Labute approximate surface area is 245 Å². The summed E-state index contributed by atoms with van der Waals surface area (Å²) >= 11 is 0. The Kier molecular flexibility index (Phi) is 7.48. The molecule has 0 saturated carbocycles. The second-order valence-electron chi connectivity index (χ2n) is 10.5. The van der Waals surface area contributed by atoms with Gasteiger partial charge in [0.05, 0.1) is 31.0 Å². The highest BCUT2D eigenvalue weighted by atomic mass is 16.5. The zero-order valence-electron chi connectivity index (χ0n) is 24.4. The van der Waals surface area contributed by atoms with Crippen molar-refractivity contribution in [3.63, 3.8) is 0 Å². The first-order valence-corrected chi connectivity index (χ1v) is 14.1. The SMILES string of the molecule is COc1cccc(OC)c1C(=O)N1CCN(c2nc(Cc3ccc(C)cc3)nc3c2c(C)nn3-c2ccccc2)CC1. The number of benzene rings is 3. The summed E-state index contributed by atoms with van der Waals surface area (Å²) in [7, 11) is 3.13. The summed E-state index contributed by atoms with van der Waals surface area (Å²) in [6.45, 7) is 6.39. The molecule has 0 atom stereocenters. The summed E-state index contributed by atoms with van der Waals surface area (Å²) < 4.78 is 12.9. The third kappa shape index (κ3) is 5.13. The Morgan fingerprint density at radius 2 is 1.48 bits per heavy atom. The Morgan fingerprint density at radius 1 is 0.810 bits per heavy atom. The van der Waals surface area contributed by atoms with Crippen molar-refractivity contribution in [3.8, 4) is 17.2 Å². The van der Waals surface area contributed by atoms with E-state index < -0.39 is 0 Å². The zero-order valence-corrected chi connectivity index (χ0v) is 24.4. The predicted molar refractivity (Wildman–Crippen MR) is 163 cm³/mol. The van der Waals surface area contributed by atoms with E-state index in [4.69, 9.17) is 24.5 Å². The van der Waals surface area contributed by atoms with Crippen molar-refractivity contribution in [1.29, 1.82) is 0 Å². The number of aromatic nitrogens is 4. The summed E-state index contributed by atoms with van der Waals surface area (Å²) in [4.78, 5) is 27.9. The number of fused-ring (bicyclic) bond motifs is 1. The molecule has 2 aromatic heterocycles. The summed E-state index contributed by atoms with van der Waals surface area (Å²) in [5, 5.41) is 5.82. The molecule has 42 heavy (non-hydrogen) atoms. The number of nitrogens with zero attached hydrogens (tertiary/aromatic N) is 6. The minimum absolute atomic E-state index is 0.107. The molecule has 1 aliphatic heterocycles. The number of para-hydroxylation sites is 1. The number of piperazine rings is 1. The van der Waals surface area contributed by atoms with E-state index in [0.717, 1.165) is 39.6 Å².